The van der Waals surface area contributed by atoms with E-state index in [0.29, 0.717) is 10.7 Å². The number of benzene rings is 1. The van der Waals surface area contributed by atoms with Gasteiger partial charge >= 0.3 is 0 Å². The van der Waals surface area contributed by atoms with Crippen molar-refractivity contribution in [2.24, 2.45) is 0 Å². The van der Waals surface area contributed by atoms with Crippen molar-refractivity contribution < 1.29 is 0 Å². The van der Waals surface area contributed by atoms with Gasteiger partial charge in [0.25, 0.3) is 0 Å². The number of fused-ring (bicyclic) bond motifs is 1. The number of hydrogen-bond acceptors (Lipinski definition) is 4. The number of nitrogens with two attached hydrogens (primary N) is 1. The van der Waals surface area contributed by atoms with Gasteiger partial charge in [-0.3, -0.25) is 4.98 Å². The Morgan fingerprint density at radius 3 is 2.88 bits per heavy atom. The first-order valence-corrected chi connectivity index (χ1v) is 6.19. The molecule has 0 fully saturated rings. The van der Waals surface area contributed by atoms with E-state index in [1.54, 1.807) is 29.8 Å². The Bertz CT molecular complexity index is 640. The Hall–Kier alpha value is -1.65. The van der Waals surface area contributed by atoms with Crippen molar-refractivity contribution in [3.8, 4) is 10.6 Å². The molecule has 17 heavy (non-hydrogen) atoms. The van der Waals surface area contributed by atoms with E-state index in [2.05, 4.69) is 9.97 Å². The Morgan fingerprint density at radius 1 is 1.24 bits per heavy atom. The molecule has 0 bridgehead atoms. The molecular formula is C12H8ClN3S. The number of anilines is 1. The van der Waals surface area contributed by atoms with Gasteiger partial charge in [0.05, 0.1) is 10.9 Å². The van der Waals surface area contributed by atoms with E-state index >= 15 is 0 Å². The average Bonchev–Trinajstić information content (AvgIpc) is 2.71. The number of halogens is 1. The van der Waals surface area contributed by atoms with Gasteiger partial charge in [0, 0.05) is 22.5 Å². The van der Waals surface area contributed by atoms with E-state index in [9.17, 15) is 0 Å². The van der Waals surface area contributed by atoms with Crippen LogP contribution in [0.15, 0.2) is 36.7 Å². The number of aromatic nitrogens is 2. The first-order valence-electron chi connectivity index (χ1n) is 4.99. The second kappa shape index (κ2) is 3.98. The van der Waals surface area contributed by atoms with Gasteiger partial charge < -0.3 is 5.73 Å². The summed E-state index contributed by atoms with van der Waals surface area (Å²) in [6.45, 7) is 0. The summed E-state index contributed by atoms with van der Waals surface area (Å²) in [4.78, 5) is 8.56. The van der Waals surface area contributed by atoms with E-state index in [1.165, 1.54) is 0 Å². The molecule has 84 valence electrons. The van der Waals surface area contributed by atoms with Crippen molar-refractivity contribution in [2.45, 2.75) is 0 Å². The fourth-order valence-electron chi connectivity index (χ4n) is 1.64. The molecule has 0 saturated carbocycles. The van der Waals surface area contributed by atoms with Crippen LogP contribution in [0.3, 0.4) is 0 Å². The maximum atomic E-state index is 5.98. The third-order valence-electron chi connectivity index (χ3n) is 2.36. The van der Waals surface area contributed by atoms with Crippen LogP contribution in [0.1, 0.15) is 0 Å². The molecule has 1 aromatic carbocycles. The smallest absolute Gasteiger partial charge is 0.124 e. The fourth-order valence-corrected chi connectivity index (χ4v) is 2.80. The maximum absolute atomic E-state index is 5.98. The van der Waals surface area contributed by atoms with Crippen molar-refractivity contribution >= 4 is 38.8 Å². The minimum Gasteiger partial charge on any atom is -0.399 e. The number of pyridine rings is 1. The standard InChI is InChI=1S/C12H8ClN3S/c13-8-3-7(4-9(14)5-8)12-16-10-6-15-2-1-11(10)17-12/h1-6H,14H2. The highest BCUT2D eigenvalue weighted by molar-refractivity contribution is 7.21. The third kappa shape index (κ3) is 1.97. The Balaban J connectivity index is 2.20. The van der Waals surface area contributed by atoms with Crippen molar-refractivity contribution in [1.29, 1.82) is 0 Å². The molecule has 3 nitrogen and oxygen atoms in total. The van der Waals surface area contributed by atoms with E-state index in [0.717, 1.165) is 20.8 Å². The van der Waals surface area contributed by atoms with Gasteiger partial charge in [0.1, 0.15) is 10.5 Å². The summed E-state index contributed by atoms with van der Waals surface area (Å²) in [5.41, 5.74) is 8.25. The highest BCUT2D eigenvalue weighted by Crippen LogP contribution is 2.32. The third-order valence-corrected chi connectivity index (χ3v) is 3.66. The summed E-state index contributed by atoms with van der Waals surface area (Å²) in [5, 5.41) is 1.53. The Kier molecular flexibility index (Phi) is 2.46. The number of hydrogen-bond donors (Lipinski definition) is 1. The molecule has 2 N–H and O–H groups in total. The van der Waals surface area contributed by atoms with Crippen molar-refractivity contribution in [1.82, 2.24) is 9.97 Å². The Labute approximate surface area is 107 Å². The lowest BCUT2D eigenvalue weighted by Crippen LogP contribution is -1.85. The van der Waals surface area contributed by atoms with Gasteiger partial charge in [-0.2, -0.15) is 0 Å². The molecule has 0 aliphatic carbocycles. The summed E-state index contributed by atoms with van der Waals surface area (Å²) in [6, 6.07) is 7.41. The Morgan fingerprint density at radius 2 is 2.12 bits per heavy atom. The number of nitrogens with zero attached hydrogens (tertiary/aromatic N) is 2. The molecule has 0 spiro atoms. The van der Waals surface area contributed by atoms with Crippen LogP contribution in [0.25, 0.3) is 20.8 Å². The summed E-state index contributed by atoms with van der Waals surface area (Å²) in [7, 11) is 0. The normalized spacial score (nSPS) is 10.9. The van der Waals surface area contributed by atoms with Crippen LogP contribution < -0.4 is 5.73 Å². The number of thiazole rings is 1. The molecule has 5 heteroatoms. The minimum atomic E-state index is 0.623. The molecular weight excluding hydrogens is 254 g/mol. The molecule has 3 rings (SSSR count). The van der Waals surface area contributed by atoms with Gasteiger partial charge in [0.15, 0.2) is 0 Å². The molecule has 0 atom stereocenters. The molecule has 0 amide bonds. The minimum absolute atomic E-state index is 0.623. The van der Waals surface area contributed by atoms with Crippen molar-refractivity contribution in [3.63, 3.8) is 0 Å². The van der Waals surface area contributed by atoms with Crippen LogP contribution >= 0.6 is 22.9 Å². The first kappa shape index (κ1) is 10.5. The molecule has 2 heterocycles. The van der Waals surface area contributed by atoms with Gasteiger partial charge in [0.2, 0.25) is 0 Å². The van der Waals surface area contributed by atoms with Crippen LogP contribution in [-0.2, 0) is 0 Å². The zero-order valence-electron chi connectivity index (χ0n) is 8.72. The molecule has 3 aromatic rings. The monoisotopic (exact) mass is 261 g/mol. The zero-order valence-corrected chi connectivity index (χ0v) is 10.3. The summed E-state index contributed by atoms with van der Waals surface area (Å²) in [5.74, 6) is 0. The molecule has 0 aliphatic rings. The van der Waals surface area contributed by atoms with E-state index in [4.69, 9.17) is 17.3 Å². The van der Waals surface area contributed by atoms with Gasteiger partial charge in [-0.25, -0.2) is 4.98 Å². The molecule has 0 aliphatic heterocycles. The lowest BCUT2D eigenvalue weighted by Gasteiger charge is -1.99. The van der Waals surface area contributed by atoms with Crippen LogP contribution in [-0.4, -0.2) is 9.97 Å². The predicted molar refractivity (Wildman–Crippen MR) is 72.3 cm³/mol. The first-order chi connectivity index (χ1) is 8.22. The van der Waals surface area contributed by atoms with E-state index < -0.39 is 0 Å². The van der Waals surface area contributed by atoms with Crippen LogP contribution in [0.5, 0.6) is 0 Å². The van der Waals surface area contributed by atoms with E-state index in [-0.39, 0.29) is 0 Å². The largest absolute Gasteiger partial charge is 0.399 e. The van der Waals surface area contributed by atoms with Crippen LogP contribution in [0.2, 0.25) is 5.02 Å². The lowest BCUT2D eigenvalue weighted by atomic mass is 10.2. The zero-order chi connectivity index (χ0) is 11.8. The maximum Gasteiger partial charge on any atom is 0.124 e. The summed E-state index contributed by atoms with van der Waals surface area (Å²) < 4.78 is 1.11. The predicted octanol–water partition coefficient (Wildman–Crippen LogP) is 3.59. The topological polar surface area (TPSA) is 51.8 Å². The SMILES string of the molecule is Nc1cc(Cl)cc(-c2nc3cnccc3s2)c1. The quantitative estimate of drug-likeness (QED) is 0.681. The van der Waals surface area contributed by atoms with Crippen molar-refractivity contribution in [2.75, 3.05) is 5.73 Å². The second-order valence-corrected chi connectivity index (χ2v) is 5.10. The van der Waals surface area contributed by atoms with Crippen LogP contribution in [0.4, 0.5) is 5.69 Å². The number of rotatable bonds is 1. The van der Waals surface area contributed by atoms with Gasteiger partial charge in [-0.1, -0.05) is 11.6 Å². The number of nitrogen functional groups attached to an aromatic ring is 1. The fraction of sp³-hybridized carbons (Fsp3) is 0. The molecule has 0 radical (unpaired) electrons. The molecule has 2 aromatic heterocycles. The van der Waals surface area contributed by atoms with E-state index in [1.807, 2.05) is 18.2 Å². The van der Waals surface area contributed by atoms with Gasteiger partial charge in [-0.15, -0.1) is 11.3 Å². The molecule has 0 unspecified atom stereocenters. The second-order valence-electron chi connectivity index (χ2n) is 3.64. The summed E-state index contributed by atoms with van der Waals surface area (Å²) in [6.07, 6.45) is 3.51. The lowest BCUT2D eigenvalue weighted by molar-refractivity contribution is 1.34. The highest BCUT2D eigenvalue weighted by atomic mass is 35.5. The van der Waals surface area contributed by atoms with Crippen LogP contribution in [0, 0.1) is 0 Å². The van der Waals surface area contributed by atoms with Crippen molar-refractivity contribution in [3.05, 3.63) is 41.7 Å². The molecule has 0 saturated heterocycles. The highest BCUT2D eigenvalue weighted by Gasteiger charge is 2.07. The summed E-state index contributed by atoms with van der Waals surface area (Å²) >= 11 is 7.59. The van der Waals surface area contributed by atoms with Gasteiger partial charge in [-0.05, 0) is 24.3 Å². The average molecular weight is 262 g/mol.